The van der Waals surface area contributed by atoms with E-state index in [4.69, 9.17) is 9.26 Å². The molecule has 0 spiro atoms. The van der Waals surface area contributed by atoms with Crippen LogP contribution in [-0.2, 0) is 16.1 Å². The Morgan fingerprint density at radius 3 is 3.13 bits per heavy atom. The maximum atomic E-state index is 11.2. The summed E-state index contributed by atoms with van der Waals surface area (Å²) in [5.41, 5.74) is 0. The second-order valence-corrected chi connectivity index (χ2v) is 3.28. The first kappa shape index (κ1) is 9.63. The summed E-state index contributed by atoms with van der Waals surface area (Å²) in [5.74, 6) is -0.724. The fraction of sp³-hybridized carbons (Fsp3) is 0.500. The highest BCUT2D eigenvalue weighted by atomic mass is 16.6. The van der Waals surface area contributed by atoms with Crippen LogP contribution in [0.1, 0.15) is 12.2 Å². The predicted octanol–water partition coefficient (Wildman–Crippen LogP) is 0.383. The summed E-state index contributed by atoms with van der Waals surface area (Å²) < 4.78 is 9.51. The van der Waals surface area contributed by atoms with Crippen molar-refractivity contribution in [2.75, 3.05) is 0 Å². The second kappa shape index (κ2) is 3.68. The Balaban J connectivity index is 1.77. The van der Waals surface area contributed by atoms with E-state index in [0.29, 0.717) is 5.76 Å². The van der Waals surface area contributed by atoms with Crippen molar-refractivity contribution in [2.45, 2.75) is 19.1 Å². The molecule has 15 heavy (non-hydrogen) atoms. The number of aromatic nitrogens is 1. The standard InChI is InChI=1S/C8H8N2O5/c11-8(6-3-7(6)10(12)13)14-4-5-1-2-9-15-5/h1-2,6-7H,3-4H2/t6-,7+/m0/s1. The number of nitro groups is 1. The zero-order valence-electron chi connectivity index (χ0n) is 7.66. The van der Waals surface area contributed by atoms with Crippen LogP contribution in [-0.4, -0.2) is 22.1 Å². The normalized spacial score (nSPS) is 23.5. The summed E-state index contributed by atoms with van der Waals surface area (Å²) in [7, 11) is 0. The molecule has 0 radical (unpaired) electrons. The van der Waals surface area contributed by atoms with Gasteiger partial charge in [-0.15, -0.1) is 0 Å². The first-order valence-corrected chi connectivity index (χ1v) is 4.38. The van der Waals surface area contributed by atoms with Gasteiger partial charge in [-0.2, -0.15) is 0 Å². The van der Waals surface area contributed by atoms with E-state index in [-0.39, 0.29) is 13.0 Å². The molecule has 1 aromatic rings. The Bertz CT molecular complexity index is 374. The van der Waals surface area contributed by atoms with Gasteiger partial charge < -0.3 is 9.26 Å². The number of nitrogens with zero attached hydrogens (tertiary/aromatic N) is 2. The average molecular weight is 212 g/mol. The smallest absolute Gasteiger partial charge is 0.316 e. The number of carbonyl (C=O) groups excluding carboxylic acids is 1. The van der Waals surface area contributed by atoms with Crippen molar-refractivity contribution >= 4 is 5.97 Å². The SMILES string of the molecule is O=C(OCc1ccno1)[C@H]1C[C@H]1[N+](=O)[O-]. The first-order valence-electron chi connectivity index (χ1n) is 4.38. The number of hydrogen-bond acceptors (Lipinski definition) is 6. The van der Waals surface area contributed by atoms with Gasteiger partial charge >= 0.3 is 5.97 Å². The molecule has 0 aromatic carbocycles. The highest BCUT2D eigenvalue weighted by Crippen LogP contribution is 2.34. The van der Waals surface area contributed by atoms with E-state index in [0.717, 1.165) is 0 Å². The molecule has 0 aliphatic heterocycles. The van der Waals surface area contributed by atoms with Crippen molar-refractivity contribution in [1.29, 1.82) is 0 Å². The van der Waals surface area contributed by atoms with Crippen LogP contribution in [0.25, 0.3) is 0 Å². The lowest BCUT2D eigenvalue weighted by atomic mass is 10.4. The first-order chi connectivity index (χ1) is 7.18. The molecule has 0 saturated heterocycles. The minimum absolute atomic E-state index is 0.0280. The Labute approximate surface area is 84.1 Å². The van der Waals surface area contributed by atoms with Gasteiger partial charge in [-0.25, -0.2) is 0 Å². The molecule has 0 unspecified atom stereocenters. The zero-order chi connectivity index (χ0) is 10.8. The number of rotatable bonds is 4. The van der Waals surface area contributed by atoms with Crippen LogP contribution in [0, 0.1) is 16.0 Å². The summed E-state index contributed by atoms with van der Waals surface area (Å²) in [6, 6.07) is 0.790. The molecule has 7 heteroatoms. The lowest BCUT2D eigenvalue weighted by Gasteiger charge is -1.99. The Kier molecular flexibility index (Phi) is 2.36. The third-order valence-electron chi connectivity index (χ3n) is 2.18. The molecule has 1 aliphatic carbocycles. The molecule has 7 nitrogen and oxygen atoms in total. The van der Waals surface area contributed by atoms with Crippen molar-refractivity contribution in [1.82, 2.24) is 5.16 Å². The molecule has 1 aliphatic rings. The molecular weight excluding hydrogens is 204 g/mol. The molecule has 0 N–H and O–H groups in total. The van der Waals surface area contributed by atoms with Gasteiger partial charge in [-0.1, -0.05) is 5.16 Å². The number of carbonyl (C=O) groups is 1. The fourth-order valence-electron chi connectivity index (χ4n) is 1.23. The van der Waals surface area contributed by atoms with Crippen LogP contribution in [0.5, 0.6) is 0 Å². The monoisotopic (exact) mass is 212 g/mol. The van der Waals surface area contributed by atoms with Crippen LogP contribution >= 0.6 is 0 Å². The largest absolute Gasteiger partial charge is 0.457 e. The van der Waals surface area contributed by atoms with Crippen molar-refractivity contribution in [3.63, 3.8) is 0 Å². The van der Waals surface area contributed by atoms with Crippen LogP contribution in [0.2, 0.25) is 0 Å². The van der Waals surface area contributed by atoms with E-state index in [1.54, 1.807) is 6.07 Å². The highest BCUT2D eigenvalue weighted by molar-refractivity contribution is 5.76. The summed E-state index contributed by atoms with van der Waals surface area (Å²) >= 11 is 0. The molecule has 80 valence electrons. The van der Waals surface area contributed by atoms with E-state index in [1.807, 2.05) is 0 Å². The van der Waals surface area contributed by atoms with E-state index >= 15 is 0 Å². The number of ether oxygens (including phenoxy) is 1. The van der Waals surface area contributed by atoms with E-state index < -0.39 is 22.9 Å². The van der Waals surface area contributed by atoms with Crippen molar-refractivity contribution in [3.05, 3.63) is 28.1 Å². The Morgan fingerprint density at radius 1 is 1.80 bits per heavy atom. The topological polar surface area (TPSA) is 95.5 Å². The molecule has 0 bridgehead atoms. The molecule has 1 aromatic heterocycles. The maximum Gasteiger partial charge on any atom is 0.316 e. The van der Waals surface area contributed by atoms with Gasteiger partial charge in [0.1, 0.15) is 5.92 Å². The third-order valence-corrected chi connectivity index (χ3v) is 2.18. The average Bonchev–Trinajstić information content (AvgIpc) is 2.85. The van der Waals surface area contributed by atoms with Gasteiger partial charge in [0.15, 0.2) is 12.4 Å². The van der Waals surface area contributed by atoms with Crippen molar-refractivity contribution in [2.24, 2.45) is 5.92 Å². The zero-order valence-corrected chi connectivity index (χ0v) is 7.66. The molecule has 1 fully saturated rings. The van der Waals surface area contributed by atoms with E-state index in [9.17, 15) is 14.9 Å². The molecule has 1 heterocycles. The lowest BCUT2D eigenvalue weighted by Crippen LogP contribution is -2.13. The minimum atomic E-state index is -0.771. The third kappa shape index (κ3) is 2.12. The van der Waals surface area contributed by atoms with Crippen LogP contribution in [0.15, 0.2) is 16.8 Å². The lowest BCUT2D eigenvalue weighted by molar-refractivity contribution is -0.497. The molecule has 2 atom stereocenters. The minimum Gasteiger partial charge on any atom is -0.457 e. The number of hydrogen-bond donors (Lipinski definition) is 0. The summed E-state index contributed by atoms with van der Waals surface area (Å²) in [5, 5.41) is 13.7. The fourth-order valence-corrected chi connectivity index (χ4v) is 1.23. The van der Waals surface area contributed by atoms with Gasteiger partial charge in [0.05, 0.1) is 6.20 Å². The van der Waals surface area contributed by atoms with E-state index in [1.165, 1.54) is 6.20 Å². The van der Waals surface area contributed by atoms with Crippen LogP contribution in [0.3, 0.4) is 0 Å². The van der Waals surface area contributed by atoms with Gasteiger partial charge in [0, 0.05) is 17.4 Å². The van der Waals surface area contributed by atoms with Crippen LogP contribution in [0.4, 0.5) is 0 Å². The van der Waals surface area contributed by atoms with Crippen molar-refractivity contribution < 1.29 is 19.0 Å². The highest BCUT2D eigenvalue weighted by Gasteiger charge is 2.54. The van der Waals surface area contributed by atoms with Crippen LogP contribution < -0.4 is 0 Å². The quantitative estimate of drug-likeness (QED) is 0.406. The molecule has 0 amide bonds. The van der Waals surface area contributed by atoms with Crippen molar-refractivity contribution in [3.8, 4) is 0 Å². The predicted molar refractivity (Wildman–Crippen MR) is 45.2 cm³/mol. The molecular formula is C8H8N2O5. The van der Waals surface area contributed by atoms with Gasteiger partial charge in [0.25, 0.3) is 0 Å². The molecule has 1 saturated carbocycles. The summed E-state index contributed by atoms with van der Waals surface area (Å²) in [6.45, 7) is -0.0280. The summed E-state index contributed by atoms with van der Waals surface area (Å²) in [4.78, 5) is 21.0. The second-order valence-electron chi connectivity index (χ2n) is 3.28. The van der Waals surface area contributed by atoms with Gasteiger partial charge in [-0.3, -0.25) is 14.9 Å². The maximum absolute atomic E-state index is 11.2. The van der Waals surface area contributed by atoms with E-state index in [2.05, 4.69) is 5.16 Å². The molecule has 2 rings (SSSR count). The van der Waals surface area contributed by atoms with Gasteiger partial charge in [-0.05, 0) is 0 Å². The Morgan fingerprint density at radius 2 is 2.60 bits per heavy atom. The Hall–Kier alpha value is -1.92. The number of esters is 1. The summed E-state index contributed by atoms with van der Waals surface area (Å²) in [6.07, 6.45) is 1.70. The van der Waals surface area contributed by atoms with Gasteiger partial charge in [0.2, 0.25) is 6.04 Å².